The second-order valence-corrected chi connectivity index (χ2v) is 6.89. The molecule has 0 aromatic carbocycles. The fraction of sp³-hybridized carbons (Fsp3) is 0.588. The molecule has 1 aliphatic heterocycles. The Morgan fingerprint density at radius 2 is 1.96 bits per heavy atom. The standard InChI is InChI=1S/C17H20F3N5O3/c1-9-12(5-6-13(26)24-7-3-4-11(24)8-14(27)28)10(2)25-16(21-9)22-15(23-25)17(18,19)20/h11H,3-8H2,1-2H3,(H,27,28). The van der Waals surface area contributed by atoms with E-state index in [2.05, 4.69) is 15.1 Å². The Hall–Kier alpha value is -2.72. The van der Waals surface area contributed by atoms with Gasteiger partial charge >= 0.3 is 12.1 Å². The van der Waals surface area contributed by atoms with E-state index in [1.165, 1.54) is 0 Å². The summed E-state index contributed by atoms with van der Waals surface area (Å²) < 4.78 is 39.6. The van der Waals surface area contributed by atoms with Gasteiger partial charge in [0.1, 0.15) is 0 Å². The lowest BCUT2D eigenvalue weighted by Gasteiger charge is -2.23. The molecule has 2 aromatic heterocycles. The third-order valence-corrected chi connectivity index (χ3v) is 5.00. The van der Waals surface area contributed by atoms with E-state index in [9.17, 15) is 22.8 Å². The number of halogens is 3. The summed E-state index contributed by atoms with van der Waals surface area (Å²) in [6.07, 6.45) is -2.95. The maximum absolute atomic E-state index is 12.9. The van der Waals surface area contributed by atoms with Crippen LogP contribution in [0.15, 0.2) is 0 Å². The third kappa shape index (κ3) is 3.92. The van der Waals surface area contributed by atoms with Crippen LogP contribution in [0.3, 0.4) is 0 Å². The van der Waals surface area contributed by atoms with Gasteiger partial charge in [0.05, 0.1) is 6.42 Å². The van der Waals surface area contributed by atoms with Gasteiger partial charge in [0, 0.05) is 30.4 Å². The molecule has 1 amide bonds. The minimum Gasteiger partial charge on any atom is -0.481 e. The first-order chi connectivity index (χ1) is 13.1. The van der Waals surface area contributed by atoms with Gasteiger partial charge in [-0.3, -0.25) is 9.59 Å². The molecule has 0 radical (unpaired) electrons. The van der Waals surface area contributed by atoms with E-state index >= 15 is 0 Å². The van der Waals surface area contributed by atoms with Crippen molar-refractivity contribution in [3.63, 3.8) is 0 Å². The maximum Gasteiger partial charge on any atom is 0.453 e. The zero-order chi connectivity index (χ0) is 20.6. The number of carboxylic acid groups (broad SMARTS) is 1. The zero-order valence-electron chi connectivity index (χ0n) is 15.5. The van der Waals surface area contributed by atoms with Crippen molar-refractivity contribution in [1.29, 1.82) is 0 Å². The summed E-state index contributed by atoms with van der Waals surface area (Å²) >= 11 is 0. The second-order valence-electron chi connectivity index (χ2n) is 6.89. The van der Waals surface area contributed by atoms with Crippen LogP contribution in [-0.2, 0) is 22.2 Å². The molecule has 1 saturated heterocycles. The Morgan fingerprint density at radius 1 is 1.25 bits per heavy atom. The average Bonchev–Trinajstić information content (AvgIpc) is 3.20. The molecule has 0 spiro atoms. The van der Waals surface area contributed by atoms with Crippen molar-refractivity contribution in [2.75, 3.05) is 6.54 Å². The molecule has 8 nitrogen and oxygen atoms in total. The first kappa shape index (κ1) is 20.0. The summed E-state index contributed by atoms with van der Waals surface area (Å²) in [6, 6.07) is -0.308. The maximum atomic E-state index is 12.9. The monoisotopic (exact) mass is 399 g/mol. The van der Waals surface area contributed by atoms with Crippen LogP contribution < -0.4 is 0 Å². The molecule has 2 aromatic rings. The molecule has 1 aliphatic rings. The van der Waals surface area contributed by atoms with Crippen molar-refractivity contribution in [3.05, 3.63) is 22.8 Å². The number of carbonyl (C=O) groups excluding carboxylic acids is 1. The van der Waals surface area contributed by atoms with Gasteiger partial charge in [0.2, 0.25) is 5.91 Å². The molecular formula is C17H20F3N5O3. The Morgan fingerprint density at radius 3 is 2.61 bits per heavy atom. The van der Waals surface area contributed by atoms with Gasteiger partial charge in [-0.2, -0.15) is 18.2 Å². The van der Waals surface area contributed by atoms with Crippen LogP contribution in [0.4, 0.5) is 13.2 Å². The molecule has 152 valence electrons. The lowest BCUT2D eigenvalue weighted by atomic mass is 10.1. The summed E-state index contributed by atoms with van der Waals surface area (Å²) in [5.74, 6) is -2.52. The highest BCUT2D eigenvalue weighted by molar-refractivity contribution is 5.78. The number of hydrogen-bond acceptors (Lipinski definition) is 5. The number of fused-ring (bicyclic) bond motifs is 1. The number of rotatable bonds is 5. The second kappa shape index (κ2) is 7.36. The molecule has 3 rings (SSSR count). The van der Waals surface area contributed by atoms with Gasteiger partial charge in [-0.1, -0.05) is 0 Å². The van der Waals surface area contributed by atoms with Crippen molar-refractivity contribution in [1.82, 2.24) is 24.5 Å². The molecular weight excluding hydrogens is 379 g/mol. The number of aryl methyl sites for hydroxylation is 2. The SMILES string of the molecule is Cc1nc2nc(C(F)(F)F)nn2c(C)c1CCC(=O)N1CCCC1CC(=O)O. The van der Waals surface area contributed by atoms with Crippen LogP contribution in [-0.4, -0.2) is 54.1 Å². The predicted molar refractivity (Wildman–Crippen MR) is 90.6 cm³/mol. The number of amides is 1. The van der Waals surface area contributed by atoms with Gasteiger partial charge in [-0.05, 0) is 38.7 Å². The highest BCUT2D eigenvalue weighted by Crippen LogP contribution is 2.27. The molecule has 0 bridgehead atoms. The van der Waals surface area contributed by atoms with Gasteiger partial charge < -0.3 is 10.0 Å². The predicted octanol–water partition coefficient (Wildman–Crippen LogP) is 2.16. The number of aliphatic carboxylic acids is 1. The molecule has 3 heterocycles. The highest BCUT2D eigenvalue weighted by Gasteiger charge is 2.37. The summed E-state index contributed by atoms with van der Waals surface area (Å²) in [5, 5.41) is 12.5. The number of likely N-dealkylation sites (tertiary alicyclic amines) is 1. The average molecular weight is 399 g/mol. The molecule has 0 saturated carbocycles. The van der Waals surface area contributed by atoms with Gasteiger partial charge in [-0.25, -0.2) is 9.50 Å². The number of carbonyl (C=O) groups is 2. The minimum absolute atomic E-state index is 0.0868. The molecule has 11 heteroatoms. The number of nitrogens with zero attached hydrogens (tertiary/aromatic N) is 5. The summed E-state index contributed by atoms with van der Waals surface area (Å²) in [4.78, 5) is 32.6. The number of aromatic nitrogens is 4. The minimum atomic E-state index is -4.67. The fourth-order valence-corrected chi connectivity index (χ4v) is 3.64. The van der Waals surface area contributed by atoms with Crippen molar-refractivity contribution in [3.8, 4) is 0 Å². The summed E-state index contributed by atoms with van der Waals surface area (Å²) in [6.45, 7) is 3.78. The normalized spacial score (nSPS) is 17.5. The molecule has 1 N–H and O–H groups in total. The molecule has 1 fully saturated rings. The number of hydrogen-bond donors (Lipinski definition) is 1. The highest BCUT2D eigenvalue weighted by atomic mass is 19.4. The van der Waals surface area contributed by atoms with E-state index in [0.717, 1.165) is 10.9 Å². The topological polar surface area (TPSA) is 101 Å². The Balaban J connectivity index is 1.78. The summed E-state index contributed by atoms with van der Waals surface area (Å²) in [7, 11) is 0. The molecule has 1 unspecified atom stereocenters. The largest absolute Gasteiger partial charge is 0.481 e. The number of carboxylic acids is 1. The first-order valence-electron chi connectivity index (χ1n) is 8.89. The van der Waals surface area contributed by atoms with E-state index < -0.39 is 18.0 Å². The van der Waals surface area contributed by atoms with Crippen LogP contribution in [0.5, 0.6) is 0 Å². The van der Waals surface area contributed by atoms with Crippen LogP contribution in [0.25, 0.3) is 5.78 Å². The first-order valence-corrected chi connectivity index (χ1v) is 8.89. The Kier molecular flexibility index (Phi) is 5.26. The Bertz CT molecular complexity index is 925. The van der Waals surface area contributed by atoms with Crippen molar-refractivity contribution < 1.29 is 27.9 Å². The van der Waals surface area contributed by atoms with Crippen molar-refractivity contribution in [2.45, 2.75) is 58.2 Å². The smallest absolute Gasteiger partial charge is 0.453 e. The van der Waals surface area contributed by atoms with Crippen LogP contribution in [0.1, 0.15) is 48.5 Å². The van der Waals surface area contributed by atoms with E-state index in [4.69, 9.17) is 5.11 Å². The lowest BCUT2D eigenvalue weighted by molar-refractivity contribution is -0.145. The quantitative estimate of drug-likeness (QED) is 0.827. The van der Waals surface area contributed by atoms with Gasteiger partial charge in [-0.15, -0.1) is 5.10 Å². The van der Waals surface area contributed by atoms with Crippen molar-refractivity contribution in [2.24, 2.45) is 0 Å². The lowest BCUT2D eigenvalue weighted by Crippen LogP contribution is -2.37. The third-order valence-electron chi connectivity index (χ3n) is 5.00. The number of alkyl halides is 3. The fourth-order valence-electron chi connectivity index (χ4n) is 3.64. The molecule has 28 heavy (non-hydrogen) atoms. The van der Waals surface area contributed by atoms with Crippen molar-refractivity contribution >= 4 is 17.7 Å². The molecule has 0 aliphatic carbocycles. The zero-order valence-corrected chi connectivity index (χ0v) is 15.5. The summed E-state index contributed by atoms with van der Waals surface area (Å²) in [5.41, 5.74) is 1.57. The molecule has 1 atom stereocenters. The van der Waals surface area contributed by atoms with E-state index in [0.29, 0.717) is 29.9 Å². The van der Waals surface area contributed by atoms with E-state index in [-0.39, 0.29) is 37.0 Å². The Labute approximate surface area is 158 Å². The van der Waals surface area contributed by atoms with Crippen LogP contribution in [0, 0.1) is 13.8 Å². The van der Waals surface area contributed by atoms with E-state index in [1.54, 1.807) is 18.7 Å². The van der Waals surface area contributed by atoms with Crippen LogP contribution >= 0.6 is 0 Å². The van der Waals surface area contributed by atoms with Crippen LogP contribution in [0.2, 0.25) is 0 Å². The van der Waals surface area contributed by atoms with Gasteiger partial charge in [0.15, 0.2) is 0 Å². The van der Waals surface area contributed by atoms with Gasteiger partial charge in [0.25, 0.3) is 11.6 Å². The van der Waals surface area contributed by atoms with E-state index in [1.807, 2.05) is 0 Å².